The molecule has 0 aromatic heterocycles. The fourth-order valence-electron chi connectivity index (χ4n) is 2.33. The minimum atomic E-state index is -0.294. The average molecular weight is 311 g/mol. The number of para-hydroxylation sites is 1. The molecule has 2 aromatic rings. The summed E-state index contributed by atoms with van der Waals surface area (Å²) in [7, 11) is 0. The molecule has 3 rings (SSSR count). The van der Waals surface area contributed by atoms with E-state index in [2.05, 4.69) is 0 Å². The van der Waals surface area contributed by atoms with Gasteiger partial charge in [-0.25, -0.2) is 0 Å². The number of amides is 2. The van der Waals surface area contributed by atoms with Crippen molar-refractivity contribution >= 4 is 11.8 Å². The zero-order valence-electron chi connectivity index (χ0n) is 12.6. The molecule has 2 amide bonds. The predicted octanol–water partition coefficient (Wildman–Crippen LogP) is 2.85. The summed E-state index contributed by atoms with van der Waals surface area (Å²) in [5.41, 5.74) is 1.85. The number of hydrogen-bond acceptors (Lipinski definition) is 4. The molecule has 1 heterocycles. The molecule has 5 heteroatoms. The highest BCUT2D eigenvalue weighted by atomic mass is 16.7. The Morgan fingerprint density at radius 2 is 1.48 bits per heavy atom. The van der Waals surface area contributed by atoms with E-state index in [-0.39, 0.29) is 31.3 Å². The van der Waals surface area contributed by atoms with Crippen molar-refractivity contribution in [2.24, 2.45) is 0 Å². The Hall–Kier alpha value is -2.66. The van der Waals surface area contributed by atoms with Crippen LogP contribution in [0.25, 0.3) is 0 Å². The molecule has 118 valence electrons. The lowest BCUT2D eigenvalue weighted by molar-refractivity contribution is -0.191. The molecular weight excluding hydrogens is 294 g/mol. The van der Waals surface area contributed by atoms with Crippen LogP contribution in [0, 0.1) is 0 Å². The van der Waals surface area contributed by atoms with Gasteiger partial charge in [-0.1, -0.05) is 48.5 Å². The number of carbonyl (C=O) groups is 2. The van der Waals surface area contributed by atoms with Crippen molar-refractivity contribution in [1.82, 2.24) is 5.06 Å². The fraction of sp³-hybridized carbons (Fsp3) is 0.222. The van der Waals surface area contributed by atoms with Crippen LogP contribution in [0.5, 0.6) is 5.75 Å². The molecule has 0 saturated carbocycles. The van der Waals surface area contributed by atoms with Gasteiger partial charge in [0.1, 0.15) is 19.0 Å². The predicted molar refractivity (Wildman–Crippen MR) is 83.1 cm³/mol. The maximum absolute atomic E-state index is 11.6. The van der Waals surface area contributed by atoms with Gasteiger partial charge in [0, 0.05) is 18.4 Å². The van der Waals surface area contributed by atoms with Crippen LogP contribution in [0.1, 0.15) is 24.0 Å². The topological polar surface area (TPSA) is 55.8 Å². The number of imide groups is 1. The number of benzene rings is 2. The lowest BCUT2D eigenvalue weighted by Crippen LogP contribution is -2.29. The van der Waals surface area contributed by atoms with Gasteiger partial charge in [-0.15, -0.1) is 0 Å². The fourth-order valence-corrected chi connectivity index (χ4v) is 2.33. The van der Waals surface area contributed by atoms with E-state index < -0.39 is 0 Å². The molecule has 0 unspecified atom stereocenters. The Bertz CT molecular complexity index is 683. The normalized spacial score (nSPS) is 14.3. The maximum atomic E-state index is 11.6. The molecule has 0 atom stereocenters. The van der Waals surface area contributed by atoms with E-state index in [1.165, 1.54) is 0 Å². The Morgan fingerprint density at radius 3 is 2.22 bits per heavy atom. The van der Waals surface area contributed by atoms with Crippen molar-refractivity contribution in [2.75, 3.05) is 0 Å². The van der Waals surface area contributed by atoms with Crippen LogP contribution in [0.4, 0.5) is 0 Å². The van der Waals surface area contributed by atoms with E-state index in [0.717, 1.165) is 16.2 Å². The lowest BCUT2D eigenvalue weighted by Gasteiger charge is -2.15. The van der Waals surface area contributed by atoms with Crippen molar-refractivity contribution in [3.05, 3.63) is 65.7 Å². The third kappa shape index (κ3) is 3.76. The third-order valence-electron chi connectivity index (χ3n) is 3.56. The Balaban J connectivity index is 1.63. The van der Waals surface area contributed by atoms with Crippen LogP contribution < -0.4 is 4.74 Å². The first-order chi connectivity index (χ1) is 11.2. The summed E-state index contributed by atoms with van der Waals surface area (Å²) >= 11 is 0. The van der Waals surface area contributed by atoms with Crippen LogP contribution >= 0.6 is 0 Å². The van der Waals surface area contributed by atoms with E-state index >= 15 is 0 Å². The molecule has 0 N–H and O–H groups in total. The standard InChI is InChI=1S/C18H17NO4/c20-17-10-11-18(21)19(17)23-13-15-8-4-5-9-16(15)22-12-14-6-2-1-3-7-14/h1-9H,10-13H2. The van der Waals surface area contributed by atoms with Crippen molar-refractivity contribution in [3.8, 4) is 5.75 Å². The molecule has 1 aliphatic rings. The summed E-state index contributed by atoms with van der Waals surface area (Å²) in [6, 6.07) is 17.3. The highest BCUT2D eigenvalue weighted by Gasteiger charge is 2.30. The number of ether oxygens (including phenoxy) is 1. The van der Waals surface area contributed by atoms with E-state index in [1.807, 2.05) is 54.6 Å². The third-order valence-corrected chi connectivity index (χ3v) is 3.56. The van der Waals surface area contributed by atoms with Gasteiger partial charge >= 0.3 is 0 Å². The largest absolute Gasteiger partial charge is 0.489 e. The molecular formula is C18H17NO4. The summed E-state index contributed by atoms with van der Waals surface area (Å²) in [5.74, 6) is 0.0887. The van der Waals surface area contributed by atoms with Gasteiger partial charge in [0.25, 0.3) is 11.8 Å². The molecule has 0 spiro atoms. The summed E-state index contributed by atoms with van der Waals surface area (Å²) in [6.45, 7) is 0.557. The lowest BCUT2D eigenvalue weighted by atomic mass is 10.2. The maximum Gasteiger partial charge on any atom is 0.254 e. The number of hydroxylamine groups is 2. The molecule has 0 radical (unpaired) electrons. The van der Waals surface area contributed by atoms with Gasteiger partial charge in [-0.3, -0.25) is 14.4 Å². The number of carbonyl (C=O) groups excluding carboxylic acids is 2. The summed E-state index contributed by atoms with van der Waals surface area (Å²) in [6.07, 6.45) is 0.427. The molecule has 1 saturated heterocycles. The first kappa shape index (κ1) is 15.2. The van der Waals surface area contributed by atoms with Gasteiger partial charge in [0.2, 0.25) is 0 Å². The van der Waals surface area contributed by atoms with E-state index in [4.69, 9.17) is 9.57 Å². The van der Waals surface area contributed by atoms with Gasteiger partial charge in [0.15, 0.2) is 0 Å². The van der Waals surface area contributed by atoms with Crippen LogP contribution in [0.2, 0.25) is 0 Å². The van der Waals surface area contributed by atoms with Gasteiger partial charge < -0.3 is 4.74 Å². The first-order valence-electron chi connectivity index (χ1n) is 7.47. The highest BCUT2D eigenvalue weighted by molar-refractivity contribution is 6.00. The monoisotopic (exact) mass is 311 g/mol. The summed E-state index contributed by atoms with van der Waals surface area (Å²) < 4.78 is 5.82. The van der Waals surface area contributed by atoms with Crippen molar-refractivity contribution < 1.29 is 19.2 Å². The number of rotatable bonds is 6. The quantitative estimate of drug-likeness (QED) is 0.770. The molecule has 0 aliphatic carbocycles. The molecule has 2 aromatic carbocycles. The molecule has 23 heavy (non-hydrogen) atoms. The SMILES string of the molecule is O=C1CCC(=O)N1OCc1ccccc1OCc1ccccc1. The first-order valence-corrected chi connectivity index (χ1v) is 7.47. The van der Waals surface area contributed by atoms with Crippen molar-refractivity contribution in [2.45, 2.75) is 26.1 Å². The van der Waals surface area contributed by atoms with Gasteiger partial charge in [0.05, 0.1) is 0 Å². The number of hydrogen-bond donors (Lipinski definition) is 0. The number of nitrogens with zero attached hydrogens (tertiary/aromatic N) is 1. The van der Waals surface area contributed by atoms with E-state index in [1.54, 1.807) is 0 Å². The zero-order valence-corrected chi connectivity index (χ0v) is 12.6. The minimum Gasteiger partial charge on any atom is -0.489 e. The Morgan fingerprint density at radius 1 is 0.826 bits per heavy atom. The van der Waals surface area contributed by atoms with Crippen LogP contribution in [0.15, 0.2) is 54.6 Å². The van der Waals surface area contributed by atoms with Crippen LogP contribution in [0.3, 0.4) is 0 Å². The van der Waals surface area contributed by atoms with Crippen LogP contribution in [-0.4, -0.2) is 16.9 Å². The second-order valence-electron chi connectivity index (χ2n) is 5.24. The molecule has 5 nitrogen and oxygen atoms in total. The summed E-state index contributed by atoms with van der Waals surface area (Å²) in [5, 5.41) is 0.855. The van der Waals surface area contributed by atoms with Crippen molar-refractivity contribution in [1.29, 1.82) is 0 Å². The molecule has 1 fully saturated rings. The molecule has 1 aliphatic heterocycles. The average Bonchev–Trinajstić information content (AvgIpc) is 2.91. The Kier molecular flexibility index (Phi) is 4.68. The second kappa shape index (κ2) is 7.07. The van der Waals surface area contributed by atoms with E-state index in [0.29, 0.717) is 12.4 Å². The van der Waals surface area contributed by atoms with Crippen LogP contribution in [-0.2, 0) is 27.6 Å². The minimum absolute atomic E-state index is 0.114. The highest BCUT2D eigenvalue weighted by Crippen LogP contribution is 2.22. The Labute approximate surface area is 134 Å². The van der Waals surface area contributed by atoms with Gasteiger partial charge in [-0.05, 0) is 11.6 Å². The smallest absolute Gasteiger partial charge is 0.254 e. The summed E-state index contributed by atoms with van der Waals surface area (Å²) in [4.78, 5) is 28.5. The van der Waals surface area contributed by atoms with Crippen molar-refractivity contribution in [3.63, 3.8) is 0 Å². The van der Waals surface area contributed by atoms with E-state index in [9.17, 15) is 9.59 Å². The van der Waals surface area contributed by atoms with Gasteiger partial charge in [-0.2, -0.15) is 5.06 Å². The second-order valence-corrected chi connectivity index (χ2v) is 5.24. The molecule has 0 bridgehead atoms. The zero-order chi connectivity index (χ0) is 16.1.